The molecule has 0 aliphatic heterocycles. The van der Waals surface area contributed by atoms with Gasteiger partial charge in [0.05, 0.1) is 0 Å². The first-order valence-electron chi connectivity index (χ1n) is 7.21. The van der Waals surface area contributed by atoms with Crippen LogP contribution in [0.25, 0.3) is 0 Å². The molecule has 0 heterocycles. The first-order chi connectivity index (χ1) is 9.58. The second-order valence-electron chi connectivity index (χ2n) is 5.41. The number of hydrogen-bond donors (Lipinski definition) is 1. The number of carbonyl (C=O) groups is 1. The first kappa shape index (κ1) is 16.8. The van der Waals surface area contributed by atoms with Crippen molar-refractivity contribution in [2.24, 2.45) is 5.92 Å². The summed E-state index contributed by atoms with van der Waals surface area (Å²) in [5.41, 5.74) is 1.37. The number of thioether (sulfide) groups is 1. The van der Waals surface area contributed by atoms with E-state index in [9.17, 15) is 4.79 Å². The highest BCUT2D eigenvalue weighted by Crippen LogP contribution is 2.17. The fourth-order valence-electron chi connectivity index (χ4n) is 1.68. The zero-order valence-corrected chi connectivity index (χ0v) is 13.5. The van der Waals surface area contributed by atoms with Crippen LogP contribution in [0.4, 0.5) is 0 Å². The Balaban J connectivity index is 2.19. The van der Waals surface area contributed by atoms with E-state index in [-0.39, 0.29) is 5.91 Å². The third kappa shape index (κ3) is 8.05. The Kier molecular flexibility index (Phi) is 8.12. The van der Waals surface area contributed by atoms with E-state index in [2.05, 4.69) is 50.4 Å². The van der Waals surface area contributed by atoms with Gasteiger partial charge in [-0.3, -0.25) is 4.79 Å². The summed E-state index contributed by atoms with van der Waals surface area (Å²) in [6, 6.07) is 10.5. The maximum atomic E-state index is 11.5. The molecular formula is C17H25NOS. The summed E-state index contributed by atoms with van der Waals surface area (Å²) in [6.45, 7) is 7.11. The highest BCUT2D eigenvalue weighted by molar-refractivity contribution is 8.02. The minimum atomic E-state index is 0.00135. The summed E-state index contributed by atoms with van der Waals surface area (Å²) in [5, 5.41) is 5.30. The molecule has 0 aromatic heterocycles. The number of benzene rings is 1. The molecule has 0 bridgehead atoms. The second-order valence-corrected chi connectivity index (χ2v) is 6.76. The SMILES string of the molecule is CC(C)CNC(=O)/C=C\SC(C)CCc1ccccc1. The van der Waals surface area contributed by atoms with Gasteiger partial charge in [0, 0.05) is 17.9 Å². The number of aryl methyl sites for hydroxylation is 1. The van der Waals surface area contributed by atoms with Gasteiger partial charge in [0.1, 0.15) is 0 Å². The largest absolute Gasteiger partial charge is 0.352 e. The molecule has 0 saturated carbocycles. The lowest BCUT2D eigenvalue weighted by atomic mass is 10.1. The van der Waals surface area contributed by atoms with Crippen molar-refractivity contribution in [1.82, 2.24) is 5.32 Å². The van der Waals surface area contributed by atoms with E-state index in [0.717, 1.165) is 19.4 Å². The van der Waals surface area contributed by atoms with Crippen LogP contribution in [0.3, 0.4) is 0 Å². The van der Waals surface area contributed by atoms with E-state index in [4.69, 9.17) is 0 Å². The summed E-state index contributed by atoms with van der Waals surface area (Å²) in [7, 11) is 0. The fourth-order valence-corrected chi connectivity index (χ4v) is 2.41. The lowest BCUT2D eigenvalue weighted by Crippen LogP contribution is -2.25. The maximum absolute atomic E-state index is 11.5. The summed E-state index contributed by atoms with van der Waals surface area (Å²) < 4.78 is 0. The van der Waals surface area contributed by atoms with Gasteiger partial charge < -0.3 is 5.32 Å². The molecular weight excluding hydrogens is 266 g/mol. The molecule has 1 unspecified atom stereocenters. The molecule has 0 spiro atoms. The molecule has 0 radical (unpaired) electrons. The van der Waals surface area contributed by atoms with Crippen molar-refractivity contribution in [1.29, 1.82) is 0 Å². The normalized spacial score (nSPS) is 12.8. The Bertz CT molecular complexity index is 414. The quantitative estimate of drug-likeness (QED) is 0.733. The summed E-state index contributed by atoms with van der Waals surface area (Å²) in [5.74, 6) is 0.492. The van der Waals surface area contributed by atoms with Crippen LogP contribution in [0.2, 0.25) is 0 Å². The van der Waals surface area contributed by atoms with Gasteiger partial charge >= 0.3 is 0 Å². The van der Waals surface area contributed by atoms with Gasteiger partial charge in [-0.1, -0.05) is 51.1 Å². The molecule has 0 fully saturated rings. The Morgan fingerprint density at radius 3 is 2.60 bits per heavy atom. The third-order valence-electron chi connectivity index (χ3n) is 2.90. The van der Waals surface area contributed by atoms with Crippen molar-refractivity contribution in [3.05, 3.63) is 47.4 Å². The van der Waals surface area contributed by atoms with Crippen LogP contribution in [0.1, 0.15) is 32.8 Å². The lowest BCUT2D eigenvalue weighted by Gasteiger charge is -2.08. The molecule has 1 rings (SSSR count). The van der Waals surface area contributed by atoms with Crippen molar-refractivity contribution < 1.29 is 4.79 Å². The average molecular weight is 291 g/mol. The van der Waals surface area contributed by atoms with Crippen LogP contribution in [0.15, 0.2) is 41.8 Å². The molecule has 3 heteroatoms. The van der Waals surface area contributed by atoms with Gasteiger partial charge in [-0.15, -0.1) is 11.8 Å². The lowest BCUT2D eigenvalue weighted by molar-refractivity contribution is -0.116. The van der Waals surface area contributed by atoms with Crippen molar-refractivity contribution in [3.63, 3.8) is 0 Å². The first-order valence-corrected chi connectivity index (χ1v) is 8.16. The number of nitrogens with one attached hydrogen (secondary N) is 1. The maximum Gasteiger partial charge on any atom is 0.244 e. The minimum absolute atomic E-state index is 0.00135. The molecule has 1 amide bonds. The summed E-state index contributed by atoms with van der Waals surface area (Å²) >= 11 is 1.72. The average Bonchev–Trinajstić information content (AvgIpc) is 2.44. The second kappa shape index (κ2) is 9.65. The van der Waals surface area contributed by atoms with Crippen molar-refractivity contribution in [2.45, 2.75) is 38.9 Å². The standard InChI is InChI=1S/C17H25NOS/c1-14(2)13-18-17(19)11-12-20-15(3)9-10-16-7-5-4-6-8-16/h4-8,11-12,14-15H,9-10,13H2,1-3H3,(H,18,19)/b12-11-. The van der Waals surface area contributed by atoms with E-state index >= 15 is 0 Å². The Hall–Kier alpha value is -1.22. The fraction of sp³-hybridized carbons (Fsp3) is 0.471. The Labute approximate surface area is 127 Å². The summed E-state index contributed by atoms with van der Waals surface area (Å²) in [4.78, 5) is 11.5. The Morgan fingerprint density at radius 2 is 1.95 bits per heavy atom. The molecule has 1 aromatic rings. The van der Waals surface area contributed by atoms with Gasteiger partial charge in [-0.05, 0) is 29.7 Å². The van der Waals surface area contributed by atoms with E-state index in [1.165, 1.54) is 5.56 Å². The van der Waals surface area contributed by atoms with Crippen LogP contribution >= 0.6 is 11.8 Å². The van der Waals surface area contributed by atoms with Crippen LogP contribution in [-0.2, 0) is 11.2 Å². The van der Waals surface area contributed by atoms with E-state index in [0.29, 0.717) is 11.2 Å². The molecule has 0 saturated heterocycles. The van der Waals surface area contributed by atoms with Crippen molar-refractivity contribution in [2.75, 3.05) is 6.54 Å². The van der Waals surface area contributed by atoms with Crippen LogP contribution < -0.4 is 5.32 Å². The van der Waals surface area contributed by atoms with Crippen LogP contribution in [-0.4, -0.2) is 17.7 Å². The molecule has 1 atom stereocenters. The molecule has 20 heavy (non-hydrogen) atoms. The zero-order chi connectivity index (χ0) is 14.8. The molecule has 110 valence electrons. The highest BCUT2D eigenvalue weighted by Gasteiger charge is 2.02. The minimum Gasteiger partial charge on any atom is -0.352 e. The Morgan fingerprint density at radius 1 is 1.25 bits per heavy atom. The van der Waals surface area contributed by atoms with Crippen LogP contribution in [0.5, 0.6) is 0 Å². The van der Waals surface area contributed by atoms with Crippen molar-refractivity contribution in [3.8, 4) is 0 Å². The van der Waals surface area contributed by atoms with Gasteiger partial charge in [0.2, 0.25) is 5.91 Å². The molecule has 0 aliphatic carbocycles. The molecule has 1 N–H and O–H groups in total. The van der Waals surface area contributed by atoms with E-state index < -0.39 is 0 Å². The zero-order valence-electron chi connectivity index (χ0n) is 12.6. The highest BCUT2D eigenvalue weighted by atomic mass is 32.2. The van der Waals surface area contributed by atoms with E-state index in [1.807, 2.05) is 11.5 Å². The van der Waals surface area contributed by atoms with Crippen LogP contribution in [0, 0.1) is 5.92 Å². The van der Waals surface area contributed by atoms with Crippen molar-refractivity contribution >= 4 is 17.7 Å². The number of carbonyl (C=O) groups excluding carboxylic acids is 1. The van der Waals surface area contributed by atoms with Gasteiger partial charge in [0.15, 0.2) is 0 Å². The number of rotatable bonds is 8. The molecule has 2 nitrogen and oxygen atoms in total. The topological polar surface area (TPSA) is 29.1 Å². The molecule has 1 aromatic carbocycles. The number of hydrogen-bond acceptors (Lipinski definition) is 2. The molecule has 0 aliphatic rings. The summed E-state index contributed by atoms with van der Waals surface area (Å²) in [6.07, 6.45) is 3.83. The van der Waals surface area contributed by atoms with E-state index in [1.54, 1.807) is 17.8 Å². The predicted octanol–water partition coefficient (Wildman–Crippen LogP) is 4.03. The smallest absolute Gasteiger partial charge is 0.244 e. The van der Waals surface area contributed by atoms with Gasteiger partial charge in [-0.25, -0.2) is 0 Å². The predicted molar refractivity (Wildman–Crippen MR) is 88.8 cm³/mol. The van der Waals surface area contributed by atoms with Gasteiger partial charge in [-0.2, -0.15) is 0 Å². The van der Waals surface area contributed by atoms with Gasteiger partial charge in [0.25, 0.3) is 0 Å². The monoisotopic (exact) mass is 291 g/mol. The number of amides is 1. The third-order valence-corrected chi connectivity index (χ3v) is 3.89.